The van der Waals surface area contributed by atoms with E-state index in [0.29, 0.717) is 25.4 Å². The van der Waals surface area contributed by atoms with Crippen molar-refractivity contribution in [1.29, 1.82) is 0 Å². The minimum absolute atomic E-state index is 0.0567. The van der Waals surface area contributed by atoms with Crippen LogP contribution in [0.5, 0.6) is 0 Å². The zero-order chi connectivity index (χ0) is 25.4. The molecule has 1 aromatic heterocycles. The van der Waals surface area contributed by atoms with Crippen LogP contribution in [-0.2, 0) is 21.6 Å². The van der Waals surface area contributed by atoms with E-state index >= 15 is 0 Å². The Kier molecular flexibility index (Phi) is 6.00. The first-order valence-corrected chi connectivity index (χ1v) is 12.8. The molecule has 7 nitrogen and oxygen atoms in total. The number of fused-ring (bicyclic) bond motifs is 3. The van der Waals surface area contributed by atoms with Crippen molar-refractivity contribution in [2.75, 3.05) is 13.1 Å². The van der Waals surface area contributed by atoms with Crippen LogP contribution in [0.3, 0.4) is 0 Å². The Bertz CT molecular complexity index is 1440. The number of rotatable bonds is 5. The molecule has 1 aliphatic heterocycles. The van der Waals surface area contributed by atoms with E-state index in [1.165, 1.54) is 5.56 Å². The molecular weight excluding hydrogens is 464 g/mol. The van der Waals surface area contributed by atoms with Gasteiger partial charge in [0, 0.05) is 30.8 Å². The molecular formula is C30H30N4O3. The van der Waals surface area contributed by atoms with Crippen molar-refractivity contribution in [2.45, 2.75) is 43.9 Å². The second-order valence-corrected chi connectivity index (χ2v) is 10.0. The number of aromatic nitrogens is 2. The van der Waals surface area contributed by atoms with E-state index in [2.05, 4.69) is 45.8 Å². The van der Waals surface area contributed by atoms with Gasteiger partial charge in [-0.2, -0.15) is 5.10 Å². The van der Waals surface area contributed by atoms with Crippen LogP contribution in [0.25, 0.3) is 10.9 Å². The number of hydrogen-bond donors (Lipinski definition) is 2. The van der Waals surface area contributed by atoms with Crippen molar-refractivity contribution in [1.82, 2.24) is 20.4 Å². The molecule has 7 heteroatoms. The minimum Gasteiger partial charge on any atom is -0.370 e. The molecule has 188 valence electrons. The van der Waals surface area contributed by atoms with Gasteiger partial charge in [-0.15, -0.1) is 0 Å². The van der Waals surface area contributed by atoms with Crippen LogP contribution < -0.4 is 5.32 Å². The van der Waals surface area contributed by atoms with E-state index in [0.717, 1.165) is 34.9 Å². The minimum atomic E-state index is -0.303. The van der Waals surface area contributed by atoms with Gasteiger partial charge < -0.3 is 15.0 Å². The second kappa shape index (κ2) is 9.48. The van der Waals surface area contributed by atoms with Crippen LogP contribution >= 0.6 is 0 Å². The summed E-state index contributed by atoms with van der Waals surface area (Å²) in [6, 6.07) is 25.9. The zero-order valence-electron chi connectivity index (χ0n) is 20.8. The number of ether oxygens (including phenoxy) is 1. The number of likely N-dealkylation sites (tertiary alicyclic amines) is 1. The number of carbonyl (C=O) groups excluding carboxylic acids is 2. The third-order valence-electron chi connectivity index (χ3n) is 7.93. The monoisotopic (exact) mass is 494 g/mol. The number of amides is 2. The van der Waals surface area contributed by atoms with Gasteiger partial charge in [-0.05, 0) is 35.6 Å². The van der Waals surface area contributed by atoms with E-state index in [9.17, 15) is 9.59 Å². The lowest BCUT2D eigenvalue weighted by Gasteiger charge is -2.44. The molecule has 2 atom stereocenters. The number of H-pyrrole nitrogens is 1. The van der Waals surface area contributed by atoms with Crippen LogP contribution in [0.2, 0.25) is 0 Å². The predicted octanol–water partition coefficient (Wildman–Crippen LogP) is 4.51. The number of nitrogens with one attached hydrogen (secondary N) is 2. The summed E-state index contributed by atoms with van der Waals surface area (Å²) in [6.45, 7) is 3.19. The first-order chi connectivity index (χ1) is 18.1. The van der Waals surface area contributed by atoms with Crippen molar-refractivity contribution in [3.8, 4) is 0 Å². The fraction of sp³-hybridized carbons (Fsp3) is 0.300. The van der Waals surface area contributed by atoms with Gasteiger partial charge >= 0.3 is 0 Å². The molecule has 2 aliphatic rings. The van der Waals surface area contributed by atoms with Gasteiger partial charge in [0.1, 0.15) is 0 Å². The summed E-state index contributed by atoms with van der Waals surface area (Å²) < 4.78 is 6.67. The summed E-state index contributed by atoms with van der Waals surface area (Å²) in [5, 5.41) is 11.3. The van der Waals surface area contributed by atoms with Gasteiger partial charge in [0.15, 0.2) is 5.69 Å². The molecule has 2 N–H and O–H groups in total. The summed E-state index contributed by atoms with van der Waals surface area (Å²) >= 11 is 0. The molecule has 3 aromatic carbocycles. The molecule has 2 amide bonds. The lowest BCUT2D eigenvalue weighted by atomic mass is 9.71. The molecule has 0 radical (unpaired) electrons. The SMILES string of the molecule is CC(=O)N[C@@H]1c2ccccc2C2(CCN(C(=O)c3n[nH]c4ccccc34)CC2)[C@H]1OCc1ccccc1. The quantitative estimate of drug-likeness (QED) is 0.427. The van der Waals surface area contributed by atoms with Crippen LogP contribution in [-0.4, -0.2) is 46.1 Å². The normalized spacial score (nSPS) is 20.2. The Hall–Kier alpha value is -3.97. The maximum Gasteiger partial charge on any atom is 0.274 e. The molecule has 2 heterocycles. The second-order valence-electron chi connectivity index (χ2n) is 10.0. The third kappa shape index (κ3) is 4.09. The Labute approximate surface area is 215 Å². The molecule has 0 bridgehead atoms. The van der Waals surface area contributed by atoms with Crippen molar-refractivity contribution in [3.63, 3.8) is 0 Å². The van der Waals surface area contributed by atoms with Crippen molar-refractivity contribution in [2.24, 2.45) is 0 Å². The van der Waals surface area contributed by atoms with Gasteiger partial charge in [0.25, 0.3) is 5.91 Å². The highest BCUT2D eigenvalue weighted by atomic mass is 16.5. The lowest BCUT2D eigenvalue weighted by Crippen LogP contribution is -2.51. The van der Waals surface area contributed by atoms with Gasteiger partial charge in [0.05, 0.1) is 24.3 Å². The summed E-state index contributed by atoms with van der Waals surface area (Å²) in [5.74, 6) is -0.137. The van der Waals surface area contributed by atoms with Gasteiger partial charge in [-0.3, -0.25) is 14.7 Å². The van der Waals surface area contributed by atoms with Crippen LogP contribution in [0.1, 0.15) is 53.0 Å². The zero-order valence-corrected chi connectivity index (χ0v) is 20.8. The maximum atomic E-state index is 13.5. The van der Waals surface area contributed by atoms with E-state index in [-0.39, 0.29) is 29.4 Å². The average Bonchev–Trinajstić information content (AvgIpc) is 3.46. The average molecular weight is 495 g/mol. The molecule has 0 unspecified atom stereocenters. The van der Waals surface area contributed by atoms with Crippen molar-refractivity contribution < 1.29 is 14.3 Å². The van der Waals surface area contributed by atoms with Crippen LogP contribution in [0.15, 0.2) is 78.9 Å². The Morgan fingerprint density at radius 3 is 2.49 bits per heavy atom. The van der Waals surface area contributed by atoms with Gasteiger partial charge in [-0.25, -0.2) is 0 Å². The molecule has 1 spiro atoms. The van der Waals surface area contributed by atoms with Crippen LogP contribution in [0, 0.1) is 0 Å². The summed E-state index contributed by atoms with van der Waals surface area (Å²) in [7, 11) is 0. The predicted molar refractivity (Wildman–Crippen MR) is 141 cm³/mol. The highest BCUT2D eigenvalue weighted by Crippen LogP contribution is 2.52. The summed E-state index contributed by atoms with van der Waals surface area (Å²) in [6.07, 6.45) is 1.25. The molecule has 1 saturated heterocycles. The molecule has 1 aliphatic carbocycles. The number of carbonyl (C=O) groups is 2. The van der Waals surface area contributed by atoms with Crippen molar-refractivity contribution >= 4 is 22.7 Å². The smallest absolute Gasteiger partial charge is 0.274 e. The standard InChI is InChI=1S/C30H30N4O3/c1-20(35)31-26-22-11-5-7-13-24(22)30(28(26)37-19-21-9-3-2-4-10-21)15-17-34(18-16-30)29(36)27-23-12-6-8-14-25(23)32-33-27/h2-14,26,28H,15-19H2,1H3,(H,31,35)(H,32,33)/t26-,28+/m1/s1. The number of nitrogens with zero attached hydrogens (tertiary/aromatic N) is 2. The number of aromatic amines is 1. The number of para-hydroxylation sites is 1. The summed E-state index contributed by atoms with van der Waals surface area (Å²) in [4.78, 5) is 27.6. The largest absolute Gasteiger partial charge is 0.370 e. The number of piperidine rings is 1. The van der Waals surface area contributed by atoms with Crippen LogP contribution in [0.4, 0.5) is 0 Å². The van der Waals surface area contributed by atoms with Crippen molar-refractivity contribution in [3.05, 3.63) is 101 Å². The molecule has 6 rings (SSSR count). The van der Waals surface area contributed by atoms with Gasteiger partial charge in [0.2, 0.25) is 5.91 Å². The van der Waals surface area contributed by atoms with E-state index < -0.39 is 0 Å². The van der Waals surface area contributed by atoms with E-state index in [1.807, 2.05) is 53.4 Å². The molecule has 0 saturated carbocycles. The summed E-state index contributed by atoms with van der Waals surface area (Å²) in [5.41, 5.74) is 4.43. The first kappa shape index (κ1) is 23.4. The highest BCUT2D eigenvalue weighted by Gasteiger charge is 2.54. The Balaban J connectivity index is 1.30. The third-order valence-corrected chi connectivity index (χ3v) is 7.93. The van der Waals surface area contributed by atoms with E-state index in [4.69, 9.17) is 4.74 Å². The molecule has 4 aromatic rings. The van der Waals surface area contributed by atoms with Gasteiger partial charge in [-0.1, -0.05) is 72.8 Å². The Morgan fingerprint density at radius 2 is 1.70 bits per heavy atom. The molecule has 37 heavy (non-hydrogen) atoms. The lowest BCUT2D eigenvalue weighted by molar-refractivity contribution is -0.122. The highest BCUT2D eigenvalue weighted by molar-refractivity contribution is 6.04. The van der Waals surface area contributed by atoms with E-state index in [1.54, 1.807) is 6.92 Å². The topological polar surface area (TPSA) is 87.3 Å². The fourth-order valence-electron chi connectivity index (χ4n) is 6.18. The number of hydrogen-bond acceptors (Lipinski definition) is 4. The molecule has 1 fully saturated rings. The first-order valence-electron chi connectivity index (χ1n) is 12.8. The fourth-order valence-corrected chi connectivity index (χ4v) is 6.18. The maximum absolute atomic E-state index is 13.5. The number of benzene rings is 3. The Morgan fingerprint density at radius 1 is 1.00 bits per heavy atom.